The number of rotatable bonds is 6. The summed E-state index contributed by atoms with van der Waals surface area (Å²) in [6.45, 7) is 8.82. The van der Waals surface area contributed by atoms with Crippen LogP contribution in [0.5, 0.6) is 0 Å². The number of ether oxygens (including phenoxy) is 1. The molecule has 0 spiro atoms. The summed E-state index contributed by atoms with van der Waals surface area (Å²) in [6.07, 6.45) is 0. The van der Waals surface area contributed by atoms with Crippen LogP contribution in [-0.4, -0.2) is 39.6 Å². The smallest absolute Gasteiger partial charge is 0.320 e. The molecule has 2 heterocycles. The number of hydrogen-bond donors (Lipinski definition) is 2. The number of amides is 2. The molecule has 2 amide bonds. The van der Waals surface area contributed by atoms with Gasteiger partial charge in [0, 0.05) is 26.4 Å². The Balaban J connectivity index is 2.27. The van der Waals surface area contributed by atoms with Crippen molar-refractivity contribution in [3.63, 3.8) is 0 Å². The van der Waals surface area contributed by atoms with Crippen LogP contribution in [0.4, 0.5) is 10.6 Å². The SMILES string of the molecule is CCOCC(NC(=O)Nc1nn(C)c2cc(C)n(C)c(=O)c12)C(C)C. The van der Waals surface area contributed by atoms with Gasteiger partial charge in [0.2, 0.25) is 0 Å². The zero-order chi connectivity index (χ0) is 18.7. The number of aromatic nitrogens is 3. The van der Waals surface area contributed by atoms with Crippen molar-refractivity contribution in [3.05, 3.63) is 22.1 Å². The topological polar surface area (TPSA) is 90.2 Å². The summed E-state index contributed by atoms with van der Waals surface area (Å²) in [5, 5.41) is 10.3. The second kappa shape index (κ2) is 7.69. The average molecular weight is 349 g/mol. The highest BCUT2D eigenvalue weighted by Crippen LogP contribution is 2.19. The molecule has 0 aromatic carbocycles. The molecule has 1 atom stereocenters. The summed E-state index contributed by atoms with van der Waals surface area (Å²) in [7, 11) is 3.45. The first-order valence-electron chi connectivity index (χ1n) is 8.44. The van der Waals surface area contributed by atoms with Gasteiger partial charge in [0.15, 0.2) is 5.82 Å². The minimum atomic E-state index is -0.402. The fourth-order valence-electron chi connectivity index (χ4n) is 2.58. The molecule has 2 N–H and O–H groups in total. The van der Waals surface area contributed by atoms with Gasteiger partial charge in [-0.3, -0.25) is 14.8 Å². The van der Waals surface area contributed by atoms with Crippen LogP contribution in [0.15, 0.2) is 10.9 Å². The second-order valence-corrected chi connectivity index (χ2v) is 6.49. The molecule has 2 aromatic rings. The Morgan fingerprint density at radius 1 is 1.36 bits per heavy atom. The molecule has 0 aliphatic rings. The molecule has 25 heavy (non-hydrogen) atoms. The van der Waals surface area contributed by atoms with Crippen LogP contribution in [0.25, 0.3) is 10.9 Å². The van der Waals surface area contributed by atoms with E-state index in [1.807, 2.05) is 33.8 Å². The number of aryl methyl sites for hydroxylation is 2. The van der Waals surface area contributed by atoms with Crippen molar-refractivity contribution in [3.8, 4) is 0 Å². The molecule has 0 aliphatic carbocycles. The highest BCUT2D eigenvalue weighted by atomic mass is 16.5. The zero-order valence-corrected chi connectivity index (χ0v) is 15.7. The van der Waals surface area contributed by atoms with Gasteiger partial charge >= 0.3 is 6.03 Å². The highest BCUT2D eigenvalue weighted by Gasteiger charge is 2.20. The second-order valence-electron chi connectivity index (χ2n) is 6.49. The number of nitrogens with zero attached hydrogens (tertiary/aromatic N) is 3. The first-order chi connectivity index (χ1) is 11.8. The van der Waals surface area contributed by atoms with Crippen molar-refractivity contribution >= 4 is 22.8 Å². The van der Waals surface area contributed by atoms with Crippen LogP contribution in [0.3, 0.4) is 0 Å². The molecule has 0 radical (unpaired) electrons. The number of nitrogens with one attached hydrogen (secondary N) is 2. The lowest BCUT2D eigenvalue weighted by Gasteiger charge is -2.22. The number of fused-ring (bicyclic) bond motifs is 1. The van der Waals surface area contributed by atoms with Crippen LogP contribution in [-0.2, 0) is 18.8 Å². The quantitative estimate of drug-likeness (QED) is 0.831. The van der Waals surface area contributed by atoms with Crippen LogP contribution in [0, 0.1) is 12.8 Å². The normalized spacial score (nSPS) is 12.6. The third kappa shape index (κ3) is 4.01. The Bertz CT molecular complexity index is 822. The van der Waals surface area contributed by atoms with Crippen LogP contribution in [0.1, 0.15) is 26.5 Å². The fourth-order valence-corrected chi connectivity index (χ4v) is 2.58. The van der Waals surface area contributed by atoms with E-state index in [0.717, 1.165) is 5.69 Å². The van der Waals surface area contributed by atoms with Crippen molar-refractivity contribution in [2.24, 2.45) is 20.0 Å². The van der Waals surface area contributed by atoms with Crippen LogP contribution >= 0.6 is 0 Å². The van der Waals surface area contributed by atoms with Gasteiger partial charge in [-0.25, -0.2) is 4.79 Å². The predicted molar refractivity (Wildman–Crippen MR) is 98.0 cm³/mol. The number of pyridine rings is 1. The molecule has 0 fully saturated rings. The highest BCUT2D eigenvalue weighted by molar-refractivity contribution is 5.99. The molecule has 2 aromatic heterocycles. The number of urea groups is 1. The van der Waals surface area contributed by atoms with Crippen molar-refractivity contribution in [1.29, 1.82) is 0 Å². The van der Waals surface area contributed by atoms with Crippen molar-refractivity contribution in [2.75, 3.05) is 18.5 Å². The van der Waals surface area contributed by atoms with E-state index in [1.165, 1.54) is 0 Å². The van der Waals surface area contributed by atoms with Crippen molar-refractivity contribution < 1.29 is 9.53 Å². The monoisotopic (exact) mass is 349 g/mol. The zero-order valence-electron chi connectivity index (χ0n) is 15.7. The van der Waals surface area contributed by atoms with Crippen molar-refractivity contribution in [1.82, 2.24) is 19.7 Å². The Morgan fingerprint density at radius 2 is 2.04 bits per heavy atom. The predicted octanol–water partition coefficient (Wildman–Crippen LogP) is 1.76. The fraction of sp³-hybridized carbons (Fsp3) is 0.588. The number of anilines is 1. The number of hydrogen-bond acceptors (Lipinski definition) is 4. The molecule has 0 saturated carbocycles. The molecular formula is C17H27N5O3. The Kier molecular flexibility index (Phi) is 5.84. The average Bonchev–Trinajstić information content (AvgIpc) is 2.84. The summed E-state index contributed by atoms with van der Waals surface area (Å²) in [4.78, 5) is 24.9. The number of carbonyl (C=O) groups is 1. The van der Waals surface area contributed by atoms with Crippen LogP contribution < -0.4 is 16.2 Å². The summed E-state index contributed by atoms with van der Waals surface area (Å²) in [5.74, 6) is 0.475. The first-order valence-corrected chi connectivity index (χ1v) is 8.44. The van der Waals surface area contributed by atoms with E-state index in [9.17, 15) is 9.59 Å². The first kappa shape index (κ1) is 19.0. The minimum Gasteiger partial charge on any atom is -0.380 e. The molecule has 0 bridgehead atoms. The lowest BCUT2D eigenvalue weighted by Crippen LogP contribution is -2.44. The van der Waals surface area contributed by atoms with E-state index in [4.69, 9.17) is 4.74 Å². The van der Waals surface area contributed by atoms with Gasteiger partial charge < -0.3 is 14.6 Å². The molecule has 138 valence electrons. The minimum absolute atomic E-state index is 0.125. The van der Waals surface area contributed by atoms with Gasteiger partial charge in [-0.1, -0.05) is 13.8 Å². The Morgan fingerprint density at radius 3 is 2.64 bits per heavy atom. The largest absolute Gasteiger partial charge is 0.380 e. The third-order valence-electron chi connectivity index (χ3n) is 4.34. The standard InChI is InChI=1S/C17H27N5O3/c1-7-25-9-12(10(2)3)18-17(24)19-15-14-13(22(6)20-15)8-11(4)21(5)16(14)23/h8,10,12H,7,9H2,1-6H3,(H2,18,19,20,24). The Labute approximate surface area is 147 Å². The maximum absolute atomic E-state index is 12.6. The van der Waals surface area contributed by atoms with E-state index in [-0.39, 0.29) is 23.3 Å². The van der Waals surface area contributed by atoms with Crippen LogP contribution in [0.2, 0.25) is 0 Å². The van der Waals surface area contributed by atoms with Gasteiger partial charge in [0.25, 0.3) is 5.56 Å². The molecule has 0 saturated heterocycles. The van der Waals surface area contributed by atoms with E-state index >= 15 is 0 Å². The summed E-state index contributed by atoms with van der Waals surface area (Å²) < 4.78 is 8.55. The number of carbonyl (C=O) groups excluding carboxylic acids is 1. The van der Waals surface area contributed by atoms with Gasteiger partial charge in [-0.05, 0) is 25.8 Å². The summed E-state index contributed by atoms with van der Waals surface area (Å²) in [6, 6.07) is 1.35. The molecular weight excluding hydrogens is 322 g/mol. The van der Waals surface area contributed by atoms with E-state index in [1.54, 1.807) is 23.3 Å². The van der Waals surface area contributed by atoms with Gasteiger partial charge in [0.05, 0.1) is 18.2 Å². The summed E-state index contributed by atoms with van der Waals surface area (Å²) in [5.41, 5.74) is 1.33. The lowest BCUT2D eigenvalue weighted by molar-refractivity contribution is 0.111. The van der Waals surface area contributed by atoms with Gasteiger partial charge in [-0.15, -0.1) is 0 Å². The lowest BCUT2D eigenvalue weighted by atomic mass is 10.1. The maximum Gasteiger partial charge on any atom is 0.320 e. The van der Waals surface area contributed by atoms with E-state index in [0.29, 0.717) is 24.1 Å². The van der Waals surface area contributed by atoms with E-state index < -0.39 is 6.03 Å². The van der Waals surface area contributed by atoms with Gasteiger partial charge in [0.1, 0.15) is 5.39 Å². The molecule has 8 nitrogen and oxygen atoms in total. The molecule has 8 heteroatoms. The molecule has 0 aliphatic heterocycles. The maximum atomic E-state index is 12.6. The molecule has 2 rings (SSSR count). The molecule has 1 unspecified atom stereocenters. The third-order valence-corrected chi connectivity index (χ3v) is 4.34. The van der Waals surface area contributed by atoms with Gasteiger partial charge in [-0.2, -0.15) is 5.10 Å². The summed E-state index contributed by atoms with van der Waals surface area (Å²) >= 11 is 0. The van der Waals surface area contributed by atoms with Crippen molar-refractivity contribution in [2.45, 2.75) is 33.7 Å². The Hall–Kier alpha value is -2.35. The van der Waals surface area contributed by atoms with E-state index in [2.05, 4.69) is 15.7 Å².